The Morgan fingerprint density at radius 3 is 3.06 bits per heavy atom. The lowest BCUT2D eigenvalue weighted by Gasteiger charge is -2.11. The molecular formula is C13H19N3OS. The van der Waals surface area contributed by atoms with Gasteiger partial charge in [-0.1, -0.05) is 6.08 Å². The van der Waals surface area contributed by atoms with Crippen molar-refractivity contribution in [1.29, 1.82) is 0 Å². The summed E-state index contributed by atoms with van der Waals surface area (Å²) < 4.78 is 0. The highest BCUT2D eigenvalue weighted by molar-refractivity contribution is 7.09. The van der Waals surface area contributed by atoms with E-state index < -0.39 is 0 Å². The van der Waals surface area contributed by atoms with Crippen LogP contribution in [0.2, 0.25) is 0 Å². The monoisotopic (exact) mass is 265 g/mol. The molecule has 0 saturated carbocycles. The lowest BCUT2D eigenvalue weighted by Crippen LogP contribution is -2.25. The first-order chi connectivity index (χ1) is 8.78. The quantitative estimate of drug-likeness (QED) is 0.794. The topological polar surface area (TPSA) is 45.2 Å². The van der Waals surface area contributed by atoms with Gasteiger partial charge in [-0.2, -0.15) is 0 Å². The van der Waals surface area contributed by atoms with Gasteiger partial charge in [0.05, 0.1) is 18.7 Å². The molecule has 0 bridgehead atoms. The molecule has 0 unspecified atom stereocenters. The van der Waals surface area contributed by atoms with Gasteiger partial charge in [-0.15, -0.1) is 17.9 Å². The van der Waals surface area contributed by atoms with E-state index in [0.717, 1.165) is 17.2 Å². The first-order valence-corrected chi connectivity index (χ1v) is 7.19. The van der Waals surface area contributed by atoms with Gasteiger partial charge in [0.15, 0.2) is 0 Å². The van der Waals surface area contributed by atoms with Crippen molar-refractivity contribution >= 4 is 17.2 Å². The molecule has 0 aromatic carbocycles. The second-order valence-electron chi connectivity index (χ2n) is 4.49. The molecule has 0 radical (unpaired) electrons. The predicted octanol–water partition coefficient (Wildman–Crippen LogP) is 1.58. The van der Waals surface area contributed by atoms with Gasteiger partial charge in [0.25, 0.3) is 0 Å². The van der Waals surface area contributed by atoms with Crippen LogP contribution < -0.4 is 5.32 Å². The zero-order chi connectivity index (χ0) is 12.8. The fourth-order valence-electron chi connectivity index (χ4n) is 2.05. The summed E-state index contributed by atoms with van der Waals surface area (Å²) in [5, 5.41) is 5.86. The molecular weight excluding hydrogens is 246 g/mol. The zero-order valence-corrected chi connectivity index (χ0v) is 11.3. The van der Waals surface area contributed by atoms with E-state index in [1.165, 1.54) is 25.9 Å². The summed E-state index contributed by atoms with van der Waals surface area (Å²) >= 11 is 1.65. The lowest BCUT2D eigenvalue weighted by atomic mass is 10.3. The van der Waals surface area contributed by atoms with E-state index >= 15 is 0 Å². The number of likely N-dealkylation sites (tertiary alicyclic amines) is 1. The van der Waals surface area contributed by atoms with Gasteiger partial charge in [-0.05, 0) is 25.9 Å². The van der Waals surface area contributed by atoms with Crippen LogP contribution in [0.15, 0.2) is 18.0 Å². The van der Waals surface area contributed by atoms with E-state index in [1.807, 2.05) is 5.38 Å². The van der Waals surface area contributed by atoms with Crippen LogP contribution >= 0.6 is 11.3 Å². The SMILES string of the molecule is C=CCNC(=O)Cc1csc(CN2CCCC2)n1. The van der Waals surface area contributed by atoms with Gasteiger partial charge < -0.3 is 5.32 Å². The molecule has 1 N–H and O–H groups in total. The van der Waals surface area contributed by atoms with Crippen LogP contribution in [0.3, 0.4) is 0 Å². The maximum atomic E-state index is 11.5. The van der Waals surface area contributed by atoms with Crippen molar-refractivity contribution in [3.05, 3.63) is 28.7 Å². The minimum absolute atomic E-state index is 0.00734. The van der Waals surface area contributed by atoms with Crippen molar-refractivity contribution in [3.63, 3.8) is 0 Å². The Morgan fingerprint density at radius 1 is 1.56 bits per heavy atom. The van der Waals surface area contributed by atoms with Crippen molar-refractivity contribution in [3.8, 4) is 0 Å². The molecule has 1 aromatic rings. The minimum atomic E-state index is 0.00734. The fourth-order valence-corrected chi connectivity index (χ4v) is 2.88. The first-order valence-electron chi connectivity index (χ1n) is 6.31. The molecule has 1 amide bonds. The van der Waals surface area contributed by atoms with Gasteiger partial charge in [0, 0.05) is 11.9 Å². The van der Waals surface area contributed by atoms with Gasteiger partial charge in [0.2, 0.25) is 5.91 Å². The van der Waals surface area contributed by atoms with Crippen LogP contribution in [-0.2, 0) is 17.8 Å². The van der Waals surface area contributed by atoms with E-state index in [4.69, 9.17) is 0 Å². The Balaban J connectivity index is 1.81. The summed E-state index contributed by atoms with van der Waals surface area (Å²) in [5.74, 6) is 0.00734. The van der Waals surface area contributed by atoms with Gasteiger partial charge in [-0.25, -0.2) is 4.98 Å². The van der Waals surface area contributed by atoms with Crippen molar-refractivity contribution in [2.45, 2.75) is 25.8 Å². The first kappa shape index (κ1) is 13.2. The van der Waals surface area contributed by atoms with Gasteiger partial charge >= 0.3 is 0 Å². The maximum absolute atomic E-state index is 11.5. The highest BCUT2D eigenvalue weighted by atomic mass is 32.1. The van der Waals surface area contributed by atoms with Crippen LogP contribution in [0.1, 0.15) is 23.5 Å². The number of carbonyl (C=O) groups excluding carboxylic acids is 1. The van der Waals surface area contributed by atoms with Crippen LogP contribution in [0.4, 0.5) is 0 Å². The van der Waals surface area contributed by atoms with Crippen LogP contribution in [0, 0.1) is 0 Å². The number of hydrogen-bond acceptors (Lipinski definition) is 4. The number of nitrogens with zero attached hydrogens (tertiary/aromatic N) is 2. The van der Waals surface area contributed by atoms with E-state index in [-0.39, 0.29) is 5.91 Å². The zero-order valence-electron chi connectivity index (χ0n) is 10.5. The van der Waals surface area contributed by atoms with Crippen LogP contribution in [0.25, 0.3) is 0 Å². The molecule has 2 rings (SSSR count). The summed E-state index contributed by atoms with van der Waals surface area (Å²) in [4.78, 5) is 18.4. The number of aromatic nitrogens is 1. The molecule has 0 spiro atoms. The number of thiazole rings is 1. The van der Waals surface area contributed by atoms with Gasteiger partial charge in [0.1, 0.15) is 5.01 Å². The highest BCUT2D eigenvalue weighted by Gasteiger charge is 2.14. The number of carbonyl (C=O) groups is 1. The molecule has 18 heavy (non-hydrogen) atoms. The fraction of sp³-hybridized carbons (Fsp3) is 0.538. The number of rotatable bonds is 6. The smallest absolute Gasteiger partial charge is 0.226 e. The average Bonchev–Trinajstić information content (AvgIpc) is 2.99. The van der Waals surface area contributed by atoms with E-state index in [9.17, 15) is 4.79 Å². The van der Waals surface area contributed by atoms with Crippen LogP contribution in [0.5, 0.6) is 0 Å². The third-order valence-electron chi connectivity index (χ3n) is 2.94. The lowest BCUT2D eigenvalue weighted by molar-refractivity contribution is -0.120. The largest absolute Gasteiger partial charge is 0.352 e. The minimum Gasteiger partial charge on any atom is -0.352 e. The van der Waals surface area contributed by atoms with Crippen molar-refractivity contribution in [2.75, 3.05) is 19.6 Å². The Hall–Kier alpha value is -1.20. The Labute approximate surface area is 112 Å². The predicted molar refractivity (Wildman–Crippen MR) is 73.5 cm³/mol. The molecule has 98 valence electrons. The molecule has 1 aliphatic heterocycles. The second-order valence-corrected chi connectivity index (χ2v) is 5.43. The summed E-state index contributed by atoms with van der Waals surface area (Å²) in [7, 11) is 0. The van der Waals surface area contributed by atoms with Crippen molar-refractivity contribution in [1.82, 2.24) is 15.2 Å². The third-order valence-corrected chi connectivity index (χ3v) is 3.82. The molecule has 1 saturated heterocycles. The Bertz CT molecular complexity index is 410. The Morgan fingerprint density at radius 2 is 2.33 bits per heavy atom. The van der Waals surface area contributed by atoms with Crippen molar-refractivity contribution < 1.29 is 4.79 Å². The summed E-state index contributed by atoms with van der Waals surface area (Å²) in [5.41, 5.74) is 0.871. The molecule has 1 aromatic heterocycles. The number of amides is 1. The molecule has 4 nitrogen and oxygen atoms in total. The third kappa shape index (κ3) is 3.92. The van der Waals surface area contributed by atoms with E-state index in [2.05, 4.69) is 21.8 Å². The van der Waals surface area contributed by atoms with Crippen LogP contribution in [-0.4, -0.2) is 35.4 Å². The van der Waals surface area contributed by atoms with E-state index in [1.54, 1.807) is 17.4 Å². The van der Waals surface area contributed by atoms with Gasteiger partial charge in [-0.3, -0.25) is 9.69 Å². The van der Waals surface area contributed by atoms with Crippen molar-refractivity contribution in [2.24, 2.45) is 0 Å². The molecule has 1 aliphatic rings. The Kier molecular flexibility index (Phi) is 4.90. The standard InChI is InChI=1S/C13H19N3OS/c1-2-5-14-12(17)8-11-10-18-13(15-11)9-16-6-3-4-7-16/h2,10H,1,3-9H2,(H,14,17). The molecule has 0 aliphatic carbocycles. The maximum Gasteiger partial charge on any atom is 0.226 e. The highest BCUT2D eigenvalue weighted by Crippen LogP contribution is 2.16. The second kappa shape index (κ2) is 6.66. The van der Waals surface area contributed by atoms with E-state index in [0.29, 0.717) is 13.0 Å². The molecule has 0 atom stereocenters. The summed E-state index contributed by atoms with van der Waals surface area (Å²) in [6.07, 6.45) is 4.63. The summed E-state index contributed by atoms with van der Waals surface area (Å²) in [6, 6.07) is 0. The average molecular weight is 265 g/mol. The number of hydrogen-bond donors (Lipinski definition) is 1. The normalized spacial score (nSPS) is 15.8. The molecule has 5 heteroatoms. The molecule has 2 heterocycles. The summed E-state index contributed by atoms with van der Waals surface area (Å²) in [6.45, 7) is 7.36. The number of nitrogens with one attached hydrogen (secondary N) is 1. The molecule has 1 fully saturated rings.